The highest BCUT2D eigenvalue weighted by Gasteiger charge is 2.01. The standard InChI is InChI=1S/C9H18NO3P/c1-3-6-11-8-9-13-14(2)12-7-4-5-10/h3-4,6-9H2,1-2H3. The Balaban J connectivity index is 3.10. The second-order valence-electron chi connectivity index (χ2n) is 2.63. The quantitative estimate of drug-likeness (QED) is 0.441. The average molecular weight is 219 g/mol. The molecule has 1 atom stereocenters. The zero-order chi connectivity index (χ0) is 10.6. The summed E-state index contributed by atoms with van der Waals surface area (Å²) in [5, 5.41) is 8.27. The maximum atomic E-state index is 8.27. The highest BCUT2D eigenvalue weighted by atomic mass is 31.2. The van der Waals surface area contributed by atoms with Crippen molar-refractivity contribution >= 4 is 8.38 Å². The molecule has 5 heteroatoms. The zero-order valence-electron chi connectivity index (χ0n) is 8.86. The highest BCUT2D eigenvalue weighted by molar-refractivity contribution is 7.46. The molecule has 82 valence electrons. The van der Waals surface area contributed by atoms with Crippen molar-refractivity contribution in [1.29, 1.82) is 5.26 Å². The van der Waals surface area contributed by atoms with Crippen LogP contribution in [0, 0.1) is 11.3 Å². The second-order valence-corrected chi connectivity index (χ2v) is 4.02. The van der Waals surface area contributed by atoms with Gasteiger partial charge in [-0.05, 0) is 6.42 Å². The molecule has 0 saturated heterocycles. The molecular weight excluding hydrogens is 201 g/mol. The SMILES string of the molecule is CCCOCCOP(C)OCCC#N. The van der Waals surface area contributed by atoms with Crippen LogP contribution in [-0.2, 0) is 13.8 Å². The van der Waals surface area contributed by atoms with Crippen LogP contribution in [-0.4, -0.2) is 33.1 Å². The van der Waals surface area contributed by atoms with Gasteiger partial charge in [-0.15, -0.1) is 0 Å². The van der Waals surface area contributed by atoms with Gasteiger partial charge >= 0.3 is 0 Å². The second kappa shape index (κ2) is 10.9. The number of hydrogen-bond donors (Lipinski definition) is 0. The van der Waals surface area contributed by atoms with Crippen molar-refractivity contribution in [3.8, 4) is 6.07 Å². The van der Waals surface area contributed by atoms with Gasteiger partial charge in [0.2, 0.25) is 0 Å². The number of nitriles is 1. The predicted octanol–water partition coefficient (Wildman–Crippen LogP) is 2.30. The molecule has 0 aromatic heterocycles. The highest BCUT2D eigenvalue weighted by Crippen LogP contribution is 2.32. The number of ether oxygens (including phenoxy) is 1. The number of nitrogens with zero attached hydrogens (tertiary/aromatic N) is 1. The van der Waals surface area contributed by atoms with E-state index in [1.807, 2.05) is 12.7 Å². The molecular formula is C9H18NO3P. The summed E-state index contributed by atoms with van der Waals surface area (Å²) in [5.74, 6) is 0. The Morgan fingerprint density at radius 1 is 1.14 bits per heavy atom. The van der Waals surface area contributed by atoms with Gasteiger partial charge in [0.1, 0.15) is 0 Å². The fraction of sp³-hybridized carbons (Fsp3) is 0.889. The van der Waals surface area contributed by atoms with Crippen LogP contribution in [0.5, 0.6) is 0 Å². The summed E-state index contributed by atoms with van der Waals surface area (Å²) in [4.78, 5) is 0. The Morgan fingerprint density at radius 3 is 2.50 bits per heavy atom. The van der Waals surface area contributed by atoms with Crippen molar-refractivity contribution in [2.75, 3.05) is 33.1 Å². The molecule has 0 aromatic carbocycles. The van der Waals surface area contributed by atoms with Gasteiger partial charge in [-0.2, -0.15) is 5.26 Å². The van der Waals surface area contributed by atoms with E-state index in [1.54, 1.807) is 0 Å². The molecule has 0 heterocycles. The van der Waals surface area contributed by atoms with E-state index in [9.17, 15) is 0 Å². The van der Waals surface area contributed by atoms with Crippen LogP contribution in [0.3, 0.4) is 0 Å². The molecule has 0 bridgehead atoms. The summed E-state index contributed by atoms with van der Waals surface area (Å²) < 4.78 is 15.8. The lowest BCUT2D eigenvalue weighted by atomic mass is 10.5. The van der Waals surface area contributed by atoms with E-state index in [0.717, 1.165) is 13.0 Å². The monoisotopic (exact) mass is 219 g/mol. The van der Waals surface area contributed by atoms with Gasteiger partial charge in [0.15, 0.2) is 8.38 Å². The Hall–Kier alpha value is -0.200. The van der Waals surface area contributed by atoms with Gasteiger partial charge in [0.05, 0.1) is 32.3 Å². The lowest BCUT2D eigenvalue weighted by Crippen LogP contribution is -2.03. The van der Waals surface area contributed by atoms with E-state index in [0.29, 0.717) is 26.2 Å². The maximum absolute atomic E-state index is 8.27. The first kappa shape index (κ1) is 13.8. The molecule has 0 aliphatic carbocycles. The zero-order valence-corrected chi connectivity index (χ0v) is 9.76. The van der Waals surface area contributed by atoms with Gasteiger partial charge in [0, 0.05) is 13.3 Å². The summed E-state index contributed by atoms with van der Waals surface area (Å²) in [6.45, 7) is 6.36. The Morgan fingerprint density at radius 2 is 1.86 bits per heavy atom. The van der Waals surface area contributed by atoms with Crippen LogP contribution < -0.4 is 0 Å². The van der Waals surface area contributed by atoms with Crippen LogP contribution in [0.1, 0.15) is 19.8 Å². The fourth-order valence-corrected chi connectivity index (χ4v) is 1.48. The minimum Gasteiger partial charge on any atom is -0.379 e. The molecule has 0 saturated carbocycles. The van der Waals surface area contributed by atoms with Crippen molar-refractivity contribution in [1.82, 2.24) is 0 Å². The summed E-state index contributed by atoms with van der Waals surface area (Å²) in [6.07, 6.45) is 1.45. The predicted molar refractivity (Wildman–Crippen MR) is 56.1 cm³/mol. The van der Waals surface area contributed by atoms with Crippen LogP contribution in [0.4, 0.5) is 0 Å². The minimum atomic E-state index is -0.844. The molecule has 14 heavy (non-hydrogen) atoms. The molecule has 0 aliphatic heterocycles. The third-order valence-electron chi connectivity index (χ3n) is 1.34. The molecule has 0 N–H and O–H groups in total. The first-order chi connectivity index (χ1) is 6.81. The summed E-state index contributed by atoms with van der Waals surface area (Å²) in [5.41, 5.74) is 0. The Bertz CT molecular complexity index is 161. The van der Waals surface area contributed by atoms with E-state index in [2.05, 4.69) is 6.92 Å². The molecule has 0 aromatic rings. The lowest BCUT2D eigenvalue weighted by Gasteiger charge is -2.11. The van der Waals surface area contributed by atoms with Gasteiger partial charge < -0.3 is 13.8 Å². The number of rotatable bonds is 9. The summed E-state index contributed by atoms with van der Waals surface area (Å²) >= 11 is 0. The molecule has 0 aliphatic rings. The van der Waals surface area contributed by atoms with Crippen LogP contribution >= 0.6 is 8.38 Å². The van der Waals surface area contributed by atoms with Crippen LogP contribution in [0.2, 0.25) is 0 Å². The third-order valence-corrected chi connectivity index (χ3v) is 2.43. The van der Waals surface area contributed by atoms with E-state index < -0.39 is 8.38 Å². The van der Waals surface area contributed by atoms with Crippen LogP contribution in [0.25, 0.3) is 0 Å². The fourth-order valence-electron chi connectivity index (χ4n) is 0.728. The topological polar surface area (TPSA) is 51.5 Å². The maximum Gasteiger partial charge on any atom is 0.167 e. The molecule has 0 fully saturated rings. The van der Waals surface area contributed by atoms with Crippen molar-refractivity contribution in [2.45, 2.75) is 19.8 Å². The van der Waals surface area contributed by atoms with Gasteiger partial charge in [-0.3, -0.25) is 0 Å². The molecule has 0 radical (unpaired) electrons. The lowest BCUT2D eigenvalue weighted by molar-refractivity contribution is 0.0987. The minimum absolute atomic E-state index is 0.419. The van der Waals surface area contributed by atoms with Crippen LogP contribution in [0.15, 0.2) is 0 Å². The first-order valence-corrected chi connectivity index (χ1v) is 6.38. The molecule has 1 unspecified atom stereocenters. The van der Waals surface area contributed by atoms with E-state index >= 15 is 0 Å². The molecule has 0 amide bonds. The van der Waals surface area contributed by atoms with E-state index in [1.165, 1.54) is 0 Å². The largest absolute Gasteiger partial charge is 0.379 e. The van der Waals surface area contributed by atoms with Crippen molar-refractivity contribution in [3.63, 3.8) is 0 Å². The summed E-state index contributed by atoms with van der Waals surface area (Å²) in [7, 11) is -0.844. The van der Waals surface area contributed by atoms with Crippen molar-refractivity contribution in [2.24, 2.45) is 0 Å². The van der Waals surface area contributed by atoms with Gasteiger partial charge in [-0.1, -0.05) is 6.92 Å². The van der Waals surface area contributed by atoms with Gasteiger partial charge in [0.25, 0.3) is 0 Å². The molecule has 0 rings (SSSR count). The van der Waals surface area contributed by atoms with Crippen molar-refractivity contribution < 1.29 is 13.8 Å². The smallest absolute Gasteiger partial charge is 0.167 e. The third kappa shape index (κ3) is 9.88. The summed E-state index contributed by atoms with van der Waals surface area (Å²) in [6, 6.07) is 2.01. The molecule has 0 spiro atoms. The molecule has 4 nitrogen and oxygen atoms in total. The van der Waals surface area contributed by atoms with E-state index in [-0.39, 0.29) is 0 Å². The van der Waals surface area contributed by atoms with Gasteiger partial charge in [-0.25, -0.2) is 0 Å². The normalized spacial score (nSPS) is 12.4. The first-order valence-electron chi connectivity index (χ1n) is 4.75. The Labute approximate surface area is 87.1 Å². The van der Waals surface area contributed by atoms with E-state index in [4.69, 9.17) is 19.0 Å². The number of hydrogen-bond acceptors (Lipinski definition) is 4. The van der Waals surface area contributed by atoms with Crippen molar-refractivity contribution in [3.05, 3.63) is 0 Å². The average Bonchev–Trinajstić information content (AvgIpc) is 2.18. The Kier molecular flexibility index (Phi) is 10.7.